The quantitative estimate of drug-likeness (QED) is 0.742. The van der Waals surface area contributed by atoms with Gasteiger partial charge < -0.3 is 19.9 Å². The van der Waals surface area contributed by atoms with Gasteiger partial charge in [0.15, 0.2) is 17.7 Å². The van der Waals surface area contributed by atoms with Gasteiger partial charge in [0, 0.05) is 5.56 Å². The van der Waals surface area contributed by atoms with Crippen LogP contribution >= 0.6 is 0 Å². The normalized spacial score (nSPS) is 11.6. The smallest absolute Gasteiger partial charge is 0.336 e. The molecule has 0 fully saturated rings. The largest absolute Gasteiger partial charge is 0.494 e. The number of halogens is 1. The number of aliphatic hydroxyl groups excluding tert-OH is 1. The number of amides is 1. The Morgan fingerprint density at radius 2 is 2.11 bits per heavy atom. The molecular weight excluding hydrogens is 257 g/mol. The number of esters is 1. The maximum absolute atomic E-state index is 13.1. The van der Waals surface area contributed by atoms with Crippen LogP contribution in [-0.2, 0) is 9.53 Å². The van der Waals surface area contributed by atoms with E-state index in [1.54, 1.807) is 0 Å². The Balaban J connectivity index is 2.66. The van der Waals surface area contributed by atoms with Gasteiger partial charge in [-0.25, -0.2) is 9.18 Å². The van der Waals surface area contributed by atoms with Gasteiger partial charge in [-0.05, 0) is 18.2 Å². The predicted molar refractivity (Wildman–Crippen MR) is 63.3 cm³/mol. The van der Waals surface area contributed by atoms with Crippen molar-refractivity contribution in [3.8, 4) is 5.75 Å². The van der Waals surface area contributed by atoms with E-state index in [1.165, 1.54) is 19.2 Å². The van der Waals surface area contributed by atoms with Crippen molar-refractivity contribution in [1.82, 2.24) is 5.32 Å². The van der Waals surface area contributed by atoms with Crippen LogP contribution in [-0.4, -0.2) is 43.9 Å². The number of carbonyl (C=O) groups is 2. The zero-order valence-electron chi connectivity index (χ0n) is 10.5. The van der Waals surface area contributed by atoms with Gasteiger partial charge in [-0.2, -0.15) is 0 Å². The molecule has 2 N–H and O–H groups in total. The van der Waals surface area contributed by atoms with Crippen molar-refractivity contribution in [1.29, 1.82) is 0 Å². The van der Waals surface area contributed by atoms with Crippen molar-refractivity contribution in [2.75, 3.05) is 20.8 Å². The van der Waals surface area contributed by atoms with Crippen LogP contribution in [0.15, 0.2) is 18.2 Å². The van der Waals surface area contributed by atoms with E-state index in [2.05, 4.69) is 10.1 Å². The first-order valence-electron chi connectivity index (χ1n) is 5.37. The average molecular weight is 271 g/mol. The molecule has 1 amide bonds. The predicted octanol–water partition coefficient (Wildman–Crippen LogP) is 0.0980. The summed E-state index contributed by atoms with van der Waals surface area (Å²) in [4.78, 5) is 22.6. The van der Waals surface area contributed by atoms with Gasteiger partial charge in [0.1, 0.15) is 0 Å². The van der Waals surface area contributed by atoms with Gasteiger partial charge in [-0.15, -0.1) is 0 Å². The molecule has 1 aromatic carbocycles. The number of carbonyl (C=O) groups excluding carboxylic acids is 2. The van der Waals surface area contributed by atoms with E-state index in [-0.39, 0.29) is 17.9 Å². The number of hydrogen-bond acceptors (Lipinski definition) is 5. The van der Waals surface area contributed by atoms with E-state index in [1.807, 2.05) is 0 Å². The third kappa shape index (κ3) is 3.92. The van der Waals surface area contributed by atoms with Gasteiger partial charge in [-0.3, -0.25) is 4.79 Å². The highest BCUT2D eigenvalue weighted by atomic mass is 19.1. The van der Waals surface area contributed by atoms with Gasteiger partial charge in [0.2, 0.25) is 0 Å². The molecular formula is C12H14FNO5. The van der Waals surface area contributed by atoms with E-state index >= 15 is 0 Å². The minimum atomic E-state index is -1.45. The highest BCUT2D eigenvalue weighted by Gasteiger charge is 2.17. The van der Waals surface area contributed by atoms with Crippen LogP contribution in [0, 0.1) is 5.82 Å². The molecule has 1 aromatic rings. The zero-order valence-corrected chi connectivity index (χ0v) is 10.5. The second-order valence-electron chi connectivity index (χ2n) is 3.60. The summed E-state index contributed by atoms with van der Waals surface area (Å²) >= 11 is 0. The molecule has 1 unspecified atom stereocenters. The Morgan fingerprint density at radius 1 is 1.42 bits per heavy atom. The molecule has 104 valence electrons. The van der Waals surface area contributed by atoms with Crippen LogP contribution < -0.4 is 10.1 Å². The van der Waals surface area contributed by atoms with Crippen LogP contribution in [0.25, 0.3) is 0 Å². The summed E-state index contributed by atoms with van der Waals surface area (Å²) in [6.45, 7) is -0.300. The minimum Gasteiger partial charge on any atom is -0.494 e. The van der Waals surface area contributed by atoms with Crippen LogP contribution in [0.2, 0.25) is 0 Å². The van der Waals surface area contributed by atoms with Crippen LogP contribution in [0.1, 0.15) is 10.4 Å². The van der Waals surface area contributed by atoms with Crippen molar-refractivity contribution in [3.05, 3.63) is 29.6 Å². The van der Waals surface area contributed by atoms with Crippen molar-refractivity contribution in [2.24, 2.45) is 0 Å². The number of aliphatic hydroxyl groups is 1. The fraction of sp³-hybridized carbons (Fsp3) is 0.333. The lowest BCUT2D eigenvalue weighted by Gasteiger charge is -2.10. The van der Waals surface area contributed by atoms with Crippen molar-refractivity contribution >= 4 is 11.9 Å². The summed E-state index contributed by atoms with van der Waals surface area (Å²) in [5.41, 5.74) is 0.148. The minimum absolute atomic E-state index is 0.0684. The molecule has 1 atom stereocenters. The second kappa shape index (κ2) is 6.69. The summed E-state index contributed by atoms with van der Waals surface area (Å²) in [6, 6.07) is 3.57. The van der Waals surface area contributed by atoms with Crippen LogP contribution in [0.3, 0.4) is 0 Å². The van der Waals surface area contributed by atoms with E-state index < -0.39 is 23.8 Å². The standard InChI is InChI=1S/C12H14FNO5/c1-18-10-5-7(3-4-8(10)13)11(16)14-6-9(15)12(17)19-2/h3-5,9,15H,6H2,1-2H3,(H,14,16). The van der Waals surface area contributed by atoms with E-state index in [0.717, 1.165) is 13.2 Å². The van der Waals surface area contributed by atoms with Crippen molar-refractivity contribution in [2.45, 2.75) is 6.10 Å². The Bertz CT molecular complexity index is 477. The molecule has 0 aromatic heterocycles. The lowest BCUT2D eigenvalue weighted by molar-refractivity contribution is -0.149. The first-order valence-corrected chi connectivity index (χ1v) is 5.37. The SMILES string of the molecule is COC(=O)C(O)CNC(=O)c1ccc(F)c(OC)c1. The Labute approximate surface area is 109 Å². The Kier molecular flexibility index (Phi) is 5.25. The first-order chi connectivity index (χ1) is 8.99. The maximum Gasteiger partial charge on any atom is 0.336 e. The van der Waals surface area contributed by atoms with Gasteiger partial charge in [-0.1, -0.05) is 0 Å². The molecule has 0 saturated heterocycles. The van der Waals surface area contributed by atoms with E-state index in [0.29, 0.717) is 0 Å². The number of methoxy groups -OCH3 is 2. The maximum atomic E-state index is 13.1. The molecule has 0 aliphatic heterocycles. The molecule has 0 heterocycles. The summed E-state index contributed by atoms with van der Waals surface area (Å²) in [5.74, 6) is -2.08. The summed E-state index contributed by atoms with van der Waals surface area (Å²) in [5, 5.41) is 11.6. The lowest BCUT2D eigenvalue weighted by atomic mass is 10.2. The lowest BCUT2D eigenvalue weighted by Crippen LogP contribution is -2.37. The fourth-order valence-electron chi connectivity index (χ4n) is 1.31. The van der Waals surface area contributed by atoms with E-state index in [9.17, 15) is 19.1 Å². The van der Waals surface area contributed by atoms with E-state index in [4.69, 9.17) is 4.74 Å². The van der Waals surface area contributed by atoms with Crippen molar-refractivity contribution in [3.63, 3.8) is 0 Å². The molecule has 0 aliphatic rings. The highest BCUT2D eigenvalue weighted by molar-refractivity contribution is 5.94. The third-order valence-electron chi connectivity index (χ3n) is 2.34. The molecule has 0 bridgehead atoms. The molecule has 6 nitrogen and oxygen atoms in total. The number of ether oxygens (including phenoxy) is 2. The number of hydrogen-bond donors (Lipinski definition) is 2. The third-order valence-corrected chi connectivity index (χ3v) is 2.34. The molecule has 0 radical (unpaired) electrons. The number of benzene rings is 1. The Morgan fingerprint density at radius 3 is 2.68 bits per heavy atom. The van der Waals surface area contributed by atoms with Crippen LogP contribution in [0.4, 0.5) is 4.39 Å². The van der Waals surface area contributed by atoms with Gasteiger partial charge >= 0.3 is 5.97 Å². The topological polar surface area (TPSA) is 84.9 Å². The first kappa shape index (κ1) is 14.9. The molecule has 19 heavy (non-hydrogen) atoms. The van der Waals surface area contributed by atoms with Crippen molar-refractivity contribution < 1.29 is 28.6 Å². The molecule has 0 spiro atoms. The number of nitrogens with one attached hydrogen (secondary N) is 1. The second-order valence-corrected chi connectivity index (χ2v) is 3.60. The zero-order chi connectivity index (χ0) is 14.4. The molecule has 0 saturated carbocycles. The molecule has 1 rings (SSSR count). The Hall–Kier alpha value is -2.15. The van der Waals surface area contributed by atoms with Gasteiger partial charge in [0.05, 0.1) is 20.8 Å². The average Bonchev–Trinajstić information content (AvgIpc) is 2.43. The summed E-state index contributed by atoms with van der Waals surface area (Å²) < 4.78 is 22.2. The fourth-order valence-corrected chi connectivity index (χ4v) is 1.31. The summed E-state index contributed by atoms with van der Waals surface area (Å²) in [6.07, 6.45) is -1.45. The number of rotatable bonds is 5. The molecule has 0 aliphatic carbocycles. The highest BCUT2D eigenvalue weighted by Crippen LogP contribution is 2.17. The summed E-state index contributed by atoms with van der Waals surface area (Å²) in [7, 11) is 2.40. The van der Waals surface area contributed by atoms with Crippen LogP contribution in [0.5, 0.6) is 5.75 Å². The van der Waals surface area contributed by atoms with Gasteiger partial charge in [0.25, 0.3) is 5.91 Å². The molecule has 7 heteroatoms. The monoisotopic (exact) mass is 271 g/mol.